The summed E-state index contributed by atoms with van der Waals surface area (Å²) in [5.41, 5.74) is 5.26. The van der Waals surface area contributed by atoms with Crippen molar-refractivity contribution in [1.29, 1.82) is 0 Å². The van der Waals surface area contributed by atoms with Crippen LogP contribution in [0.15, 0.2) is 53.4 Å². The van der Waals surface area contributed by atoms with Gasteiger partial charge in [0, 0.05) is 24.2 Å². The molecule has 1 N–H and O–H groups in total. The number of amides is 1. The van der Waals surface area contributed by atoms with Crippen LogP contribution in [0.2, 0.25) is 5.02 Å². The van der Waals surface area contributed by atoms with Crippen molar-refractivity contribution < 1.29 is 18.8 Å². The molecular formula is C31H42ClN2O3S+. The summed E-state index contributed by atoms with van der Waals surface area (Å²) < 4.78 is 13.8. The van der Waals surface area contributed by atoms with Crippen molar-refractivity contribution in [1.82, 2.24) is 0 Å². The molecule has 1 aromatic heterocycles. The van der Waals surface area contributed by atoms with Crippen molar-refractivity contribution in [3.63, 3.8) is 0 Å². The van der Waals surface area contributed by atoms with E-state index in [4.69, 9.17) is 21.1 Å². The van der Waals surface area contributed by atoms with Gasteiger partial charge in [0.25, 0.3) is 5.91 Å². The first-order valence-electron chi connectivity index (χ1n) is 13.9. The highest BCUT2D eigenvalue weighted by Gasteiger charge is 2.10. The molecule has 2 aromatic carbocycles. The van der Waals surface area contributed by atoms with Crippen molar-refractivity contribution in [2.45, 2.75) is 84.6 Å². The molecule has 0 bridgehead atoms. The quantitative estimate of drug-likeness (QED) is 0.126. The van der Waals surface area contributed by atoms with Gasteiger partial charge in [0.05, 0.1) is 17.0 Å². The zero-order valence-electron chi connectivity index (χ0n) is 22.8. The lowest BCUT2D eigenvalue weighted by molar-refractivity contribution is -0.689. The van der Waals surface area contributed by atoms with Gasteiger partial charge in [-0.25, -0.2) is 0 Å². The van der Waals surface area contributed by atoms with Gasteiger partial charge in [0.2, 0.25) is 5.51 Å². The SMILES string of the molecule is CCCCCCCCCCCCOc1cc(OCC(=O)Nc2ccc(C[n+]3cscc3C)cc2)ccc1Cl. The highest BCUT2D eigenvalue weighted by atomic mass is 35.5. The van der Waals surface area contributed by atoms with Crippen LogP contribution in [-0.2, 0) is 11.3 Å². The van der Waals surface area contributed by atoms with Crippen LogP contribution >= 0.6 is 22.9 Å². The van der Waals surface area contributed by atoms with E-state index >= 15 is 0 Å². The second-order valence-electron chi connectivity index (χ2n) is 9.79. The minimum absolute atomic E-state index is 0.0920. The molecule has 0 atom stereocenters. The van der Waals surface area contributed by atoms with Crippen LogP contribution in [0.3, 0.4) is 0 Å². The molecule has 5 nitrogen and oxygen atoms in total. The van der Waals surface area contributed by atoms with Crippen LogP contribution in [0, 0.1) is 6.92 Å². The number of hydrogen-bond donors (Lipinski definition) is 1. The molecule has 0 unspecified atom stereocenters. The average Bonchev–Trinajstić information content (AvgIpc) is 3.32. The second-order valence-corrected chi connectivity index (χ2v) is 10.9. The third-order valence-electron chi connectivity index (χ3n) is 6.50. The molecule has 38 heavy (non-hydrogen) atoms. The number of hydrogen-bond acceptors (Lipinski definition) is 4. The predicted octanol–water partition coefficient (Wildman–Crippen LogP) is 8.36. The van der Waals surface area contributed by atoms with Crippen molar-refractivity contribution in [3.8, 4) is 11.5 Å². The van der Waals surface area contributed by atoms with Gasteiger partial charge in [0.15, 0.2) is 18.8 Å². The molecule has 0 aliphatic rings. The number of carbonyl (C=O) groups excluding carboxylic acids is 1. The number of nitrogens with one attached hydrogen (secondary N) is 1. The predicted molar refractivity (Wildman–Crippen MR) is 158 cm³/mol. The number of aromatic nitrogens is 1. The monoisotopic (exact) mass is 557 g/mol. The molecule has 1 amide bonds. The molecule has 0 saturated heterocycles. The van der Waals surface area contributed by atoms with E-state index in [1.54, 1.807) is 29.5 Å². The first kappa shape index (κ1) is 30.0. The molecule has 3 aromatic rings. The Hall–Kier alpha value is -2.57. The third kappa shape index (κ3) is 11.0. The Balaban J connectivity index is 1.32. The molecule has 0 aliphatic heterocycles. The van der Waals surface area contributed by atoms with Crippen LogP contribution in [0.5, 0.6) is 11.5 Å². The molecule has 206 valence electrons. The maximum absolute atomic E-state index is 12.4. The molecule has 0 radical (unpaired) electrons. The first-order chi connectivity index (χ1) is 18.5. The zero-order valence-corrected chi connectivity index (χ0v) is 24.4. The summed E-state index contributed by atoms with van der Waals surface area (Å²) in [7, 11) is 0. The number of rotatable bonds is 18. The lowest BCUT2D eigenvalue weighted by atomic mass is 10.1. The first-order valence-corrected chi connectivity index (χ1v) is 15.2. The van der Waals surface area contributed by atoms with E-state index in [-0.39, 0.29) is 12.5 Å². The maximum atomic E-state index is 12.4. The van der Waals surface area contributed by atoms with Gasteiger partial charge in [-0.3, -0.25) is 4.79 Å². The van der Waals surface area contributed by atoms with E-state index in [0.717, 1.165) is 25.1 Å². The summed E-state index contributed by atoms with van der Waals surface area (Å²) >= 11 is 7.99. The fourth-order valence-corrected chi connectivity index (χ4v) is 5.16. The molecular weight excluding hydrogens is 516 g/mol. The number of ether oxygens (including phenoxy) is 2. The Morgan fingerprint density at radius 3 is 2.26 bits per heavy atom. The van der Waals surface area contributed by atoms with E-state index in [2.05, 4.69) is 34.6 Å². The Bertz CT molecular complexity index is 1100. The van der Waals surface area contributed by atoms with Gasteiger partial charge >= 0.3 is 0 Å². The molecule has 0 aliphatic carbocycles. The number of aryl methyl sites for hydroxylation is 1. The summed E-state index contributed by atoms with van der Waals surface area (Å²) in [5, 5.41) is 5.56. The van der Waals surface area contributed by atoms with E-state index < -0.39 is 0 Å². The van der Waals surface area contributed by atoms with Gasteiger partial charge < -0.3 is 14.8 Å². The van der Waals surface area contributed by atoms with Gasteiger partial charge in [-0.2, -0.15) is 4.57 Å². The van der Waals surface area contributed by atoms with Crippen molar-refractivity contribution in [2.75, 3.05) is 18.5 Å². The normalized spacial score (nSPS) is 10.9. The minimum Gasteiger partial charge on any atom is -0.492 e. The summed E-state index contributed by atoms with van der Waals surface area (Å²) in [6.07, 6.45) is 12.8. The molecule has 1 heterocycles. The lowest BCUT2D eigenvalue weighted by Gasteiger charge is -2.11. The number of halogens is 1. The Morgan fingerprint density at radius 2 is 1.61 bits per heavy atom. The van der Waals surface area contributed by atoms with Gasteiger partial charge in [0.1, 0.15) is 11.5 Å². The van der Waals surface area contributed by atoms with Gasteiger partial charge in [-0.15, -0.1) is 0 Å². The van der Waals surface area contributed by atoms with E-state index in [1.165, 1.54) is 62.6 Å². The fraction of sp³-hybridized carbons (Fsp3) is 0.484. The topological polar surface area (TPSA) is 51.4 Å². The Labute approximate surface area is 237 Å². The van der Waals surface area contributed by atoms with Crippen LogP contribution < -0.4 is 19.4 Å². The highest BCUT2D eigenvalue weighted by Crippen LogP contribution is 2.29. The number of benzene rings is 2. The number of unbranched alkanes of at least 4 members (excludes halogenated alkanes) is 9. The minimum atomic E-state index is -0.219. The molecule has 3 rings (SSSR count). The van der Waals surface area contributed by atoms with Crippen LogP contribution in [-0.4, -0.2) is 19.1 Å². The summed E-state index contributed by atoms with van der Waals surface area (Å²) in [6.45, 7) is 5.70. The molecule has 0 fully saturated rings. The van der Waals surface area contributed by atoms with E-state index in [0.29, 0.717) is 23.1 Å². The smallest absolute Gasteiger partial charge is 0.262 e. The van der Waals surface area contributed by atoms with Crippen molar-refractivity contribution in [2.24, 2.45) is 0 Å². The van der Waals surface area contributed by atoms with Gasteiger partial charge in [-0.05, 0) is 30.7 Å². The summed E-state index contributed by atoms with van der Waals surface area (Å²) in [4.78, 5) is 12.4. The van der Waals surface area contributed by atoms with Crippen LogP contribution in [0.4, 0.5) is 5.69 Å². The standard InChI is InChI=1S/C31H41ClN2O3S/c1-3-4-5-6-7-8-9-10-11-12-19-36-30-20-28(17-18-29(30)32)37-22-31(35)33-27-15-13-26(14-16-27)21-34-24-38-23-25(34)2/h13-18,20,23-24H,3-12,19,21-22H2,1-2H3/p+1. The number of nitrogens with zero attached hydrogens (tertiary/aromatic N) is 1. The van der Waals surface area contributed by atoms with E-state index in [1.807, 2.05) is 24.3 Å². The largest absolute Gasteiger partial charge is 0.492 e. The fourth-order valence-electron chi connectivity index (χ4n) is 4.21. The average molecular weight is 558 g/mol. The molecule has 0 spiro atoms. The Morgan fingerprint density at radius 1 is 0.921 bits per heavy atom. The van der Waals surface area contributed by atoms with Gasteiger partial charge in [-0.1, -0.05) is 99.8 Å². The third-order valence-corrected chi connectivity index (χ3v) is 7.66. The second kappa shape index (κ2) is 17.1. The summed E-state index contributed by atoms with van der Waals surface area (Å²) in [5.74, 6) is 0.930. The van der Waals surface area contributed by atoms with Crippen molar-refractivity contribution in [3.05, 3.63) is 69.6 Å². The number of anilines is 1. The van der Waals surface area contributed by atoms with Crippen molar-refractivity contribution >= 4 is 34.5 Å². The number of carbonyl (C=O) groups is 1. The maximum Gasteiger partial charge on any atom is 0.262 e. The number of thiazole rings is 1. The molecule has 7 heteroatoms. The Kier molecular flexibility index (Phi) is 13.5. The van der Waals surface area contributed by atoms with E-state index in [9.17, 15) is 4.79 Å². The highest BCUT2D eigenvalue weighted by molar-refractivity contribution is 7.07. The summed E-state index contributed by atoms with van der Waals surface area (Å²) in [6, 6.07) is 13.1. The lowest BCUT2D eigenvalue weighted by Crippen LogP contribution is -2.34. The van der Waals surface area contributed by atoms with Crippen LogP contribution in [0.1, 0.15) is 82.4 Å². The van der Waals surface area contributed by atoms with Crippen LogP contribution in [0.25, 0.3) is 0 Å². The zero-order chi connectivity index (χ0) is 27.0. The molecule has 0 saturated carbocycles.